The van der Waals surface area contributed by atoms with E-state index in [1.165, 1.54) is 6.07 Å². The van der Waals surface area contributed by atoms with Gasteiger partial charge in [0.15, 0.2) is 0 Å². The average molecular weight is 589 g/mol. The van der Waals surface area contributed by atoms with Gasteiger partial charge in [-0.15, -0.1) is 13.2 Å². The van der Waals surface area contributed by atoms with Crippen LogP contribution < -0.4 is 25.7 Å². The highest BCUT2D eigenvalue weighted by molar-refractivity contribution is 6.05. The van der Waals surface area contributed by atoms with Crippen LogP contribution >= 0.6 is 0 Å². The van der Waals surface area contributed by atoms with E-state index in [2.05, 4.69) is 15.2 Å². The van der Waals surface area contributed by atoms with Gasteiger partial charge in [0.25, 0.3) is 5.91 Å². The third-order valence-corrected chi connectivity index (χ3v) is 6.66. The summed E-state index contributed by atoms with van der Waals surface area (Å²) in [6.07, 6.45) is -1.44. The van der Waals surface area contributed by atoms with Crippen molar-refractivity contribution in [2.75, 3.05) is 63.6 Å². The van der Waals surface area contributed by atoms with E-state index in [-0.39, 0.29) is 5.69 Å². The quantitative estimate of drug-likeness (QED) is 0.318. The Balaban J connectivity index is 1.94. The summed E-state index contributed by atoms with van der Waals surface area (Å²) in [4.78, 5) is 17.1. The lowest BCUT2D eigenvalue weighted by molar-refractivity contribution is -0.274. The lowest BCUT2D eigenvalue weighted by Crippen LogP contribution is -2.33. The normalized spacial score (nSPS) is 12.2. The molecule has 0 radical (unpaired) electrons. The van der Waals surface area contributed by atoms with E-state index in [9.17, 15) is 18.0 Å². The fourth-order valence-electron chi connectivity index (χ4n) is 4.13. The molecule has 228 valence electrons. The van der Waals surface area contributed by atoms with Crippen LogP contribution in [0.4, 0.5) is 30.2 Å². The Morgan fingerprint density at radius 3 is 2.33 bits per heavy atom. The number of nitrogens with one attached hydrogen (secondary N) is 1. The molecular formula is C29H39F3N8O2. The van der Waals surface area contributed by atoms with Gasteiger partial charge in [0.2, 0.25) is 0 Å². The van der Waals surface area contributed by atoms with E-state index in [4.69, 9.17) is 5.73 Å². The highest BCUT2D eigenvalue weighted by Gasteiger charge is 2.31. The second kappa shape index (κ2) is 13.2. The summed E-state index contributed by atoms with van der Waals surface area (Å²) in [6.45, 7) is 5.04. The first kappa shape index (κ1) is 32.3. The van der Waals surface area contributed by atoms with Crippen LogP contribution in [0.3, 0.4) is 0 Å². The topological polar surface area (TPSA) is 95.1 Å². The lowest BCUT2D eigenvalue weighted by atomic mass is 10.1. The van der Waals surface area contributed by atoms with Crippen molar-refractivity contribution in [3.63, 3.8) is 0 Å². The number of hydrogen-bond acceptors (Lipinski definition) is 8. The number of benzene rings is 2. The monoisotopic (exact) mass is 588 g/mol. The number of halogens is 3. The number of amides is 1. The smallest absolute Gasteiger partial charge is 0.406 e. The van der Waals surface area contributed by atoms with Crippen LogP contribution in [0, 0.1) is 13.8 Å². The highest BCUT2D eigenvalue weighted by Crippen LogP contribution is 2.32. The molecule has 0 unspecified atom stereocenters. The highest BCUT2D eigenvalue weighted by atomic mass is 19.4. The molecule has 0 saturated carbocycles. The molecule has 0 atom stereocenters. The molecule has 13 heteroatoms. The van der Waals surface area contributed by atoms with Crippen LogP contribution in [0.1, 0.15) is 27.2 Å². The Morgan fingerprint density at radius 1 is 1.07 bits per heavy atom. The molecule has 1 heterocycles. The van der Waals surface area contributed by atoms with Crippen molar-refractivity contribution >= 4 is 28.7 Å². The molecule has 0 aliphatic rings. The fraction of sp³-hybridized carbons (Fsp3) is 0.379. The van der Waals surface area contributed by atoms with Gasteiger partial charge in [-0.2, -0.15) is 5.10 Å². The number of hydrazine groups is 1. The number of anilines is 3. The molecule has 0 aliphatic heterocycles. The summed E-state index contributed by atoms with van der Waals surface area (Å²) < 4.78 is 45.2. The van der Waals surface area contributed by atoms with E-state index in [1.54, 1.807) is 53.3 Å². The molecule has 42 heavy (non-hydrogen) atoms. The van der Waals surface area contributed by atoms with Crippen molar-refractivity contribution in [3.05, 3.63) is 71.2 Å². The molecule has 0 fully saturated rings. The fourth-order valence-corrected chi connectivity index (χ4v) is 4.13. The van der Waals surface area contributed by atoms with Gasteiger partial charge in [0.05, 0.1) is 17.6 Å². The second-order valence-electron chi connectivity index (χ2n) is 10.5. The van der Waals surface area contributed by atoms with Crippen molar-refractivity contribution in [1.82, 2.24) is 19.7 Å². The van der Waals surface area contributed by atoms with Crippen molar-refractivity contribution in [1.29, 1.82) is 0 Å². The zero-order valence-electron chi connectivity index (χ0n) is 25.2. The number of rotatable bonds is 11. The number of nitrogens with zero attached hydrogens (tertiary/aromatic N) is 6. The third kappa shape index (κ3) is 8.40. The van der Waals surface area contributed by atoms with Gasteiger partial charge in [0, 0.05) is 87.8 Å². The summed E-state index contributed by atoms with van der Waals surface area (Å²) in [5, 5.41) is 10.6. The largest absolute Gasteiger partial charge is 0.573 e. The number of alkyl halides is 3. The van der Waals surface area contributed by atoms with Gasteiger partial charge in [-0.05, 0) is 51.7 Å². The van der Waals surface area contributed by atoms with Gasteiger partial charge in [-0.25, -0.2) is 5.01 Å². The van der Waals surface area contributed by atoms with E-state index in [0.717, 1.165) is 22.9 Å². The first-order valence-corrected chi connectivity index (χ1v) is 13.2. The molecule has 3 aromatic rings. The summed E-state index contributed by atoms with van der Waals surface area (Å²) >= 11 is 0. The zero-order valence-corrected chi connectivity index (χ0v) is 25.2. The van der Waals surface area contributed by atoms with E-state index >= 15 is 0 Å². The summed E-state index contributed by atoms with van der Waals surface area (Å²) in [5.74, 6) is -0.928. The number of carbonyl (C=O) groups is 1. The molecule has 1 aromatic heterocycles. The molecule has 2 aromatic carbocycles. The maximum absolute atomic E-state index is 13.4. The average Bonchev–Trinajstić information content (AvgIpc) is 3.22. The number of carbonyl (C=O) groups excluding carboxylic acids is 1. The Kier molecular flexibility index (Phi) is 10.1. The number of aryl methyl sites for hydroxylation is 2. The van der Waals surface area contributed by atoms with Crippen molar-refractivity contribution in [2.45, 2.75) is 20.2 Å². The van der Waals surface area contributed by atoms with Crippen LogP contribution in [0.15, 0.2) is 48.8 Å². The number of hydrogen-bond donors (Lipinski definition) is 2. The van der Waals surface area contributed by atoms with E-state index in [0.29, 0.717) is 35.7 Å². The second-order valence-corrected chi connectivity index (χ2v) is 10.5. The van der Waals surface area contributed by atoms with Gasteiger partial charge in [-0.1, -0.05) is 6.07 Å². The molecule has 0 saturated heterocycles. The first-order valence-electron chi connectivity index (χ1n) is 13.2. The molecule has 1 amide bonds. The number of aromatic nitrogens is 2. The van der Waals surface area contributed by atoms with Crippen molar-refractivity contribution in [2.24, 2.45) is 12.8 Å². The van der Waals surface area contributed by atoms with Crippen molar-refractivity contribution < 1.29 is 22.7 Å². The minimum Gasteiger partial charge on any atom is -0.406 e. The van der Waals surface area contributed by atoms with Gasteiger partial charge in [-0.3, -0.25) is 14.5 Å². The standard InChI is InChI=1S/C29H39F3N8O2/c1-19-9-10-21(13-27(19)40(37(5)6)18-26(33)25-17-34-39(8)20(25)2)28(41)35-22-14-23(38(7)12-11-36(3)4)16-24(15-22)42-29(30,31)32/h9-10,13-18H,11-12,33H2,1-8H3,(H,35,41)/b26-18-. The van der Waals surface area contributed by atoms with Crippen LogP contribution in [-0.4, -0.2) is 80.3 Å². The number of likely N-dealkylation sites (N-methyl/N-ethyl adjacent to an activating group) is 2. The van der Waals surface area contributed by atoms with E-state index < -0.39 is 18.0 Å². The predicted octanol–water partition coefficient (Wildman–Crippen LogP) is 4.43. The molecule has 0 aliphatic carbocycles. The molecular weight excluding hydrogens is 549 g/mol. The minimum atomic E-state index is -4.88. The predicted molar refractivity (Wildman–Crippen MR) is 160 cm³/mol. The molecule has 10 nitrogen and oxygen atoms in total. The third-order valence-electron chi connectivity index (χ3n) is 6.66. The van der Waals surface area contributed by atoms with Crippen LogP contribution in [-0.2, 0) is 7.05 Å². The molecule has 0 bridgehead atoms. The first-order chi connectivity index (χ1) is 19.6. The Hall–Kier alpha value is -4.23. The zero-order chi connectivity index (χ0) is 31.4. The maximum atomic E-state index is 13.4. The molecule has 3 N–H and O–H groups in total. The lowest BCUT2D eigenvalue weighted by Gasteiger charge is -2.30. The van der Waals surface area contributed by atoms with Crippen LogP contribution in [0.2, 0.25) is 0 Å². The molecule has 0 spiro atoms. The van der Waals surface area contributed by atoms with Gasteiger partial charge in [0.1, 0.15) is 5.75 Å². The Labute approximate surface area is 244 Å². The van der Waals surface area contributed by atoms with Gasteiger partial charge < -0.3 is 25.6 Å². The summed E-state index contributed by atoms with van der Waals surface area (Å²) in [5.41, 5.74) is 11.1. The number of nitrogens with two attached hydrogens (primary N) is 1. The van der Waals surface area contributed by atoms with Crippen LogP contribution in [0.5, 0.6) is 5.75 Å². The summed E-state index contributed by atoms with van der Waals surface area (Å²) in [7, 11) is 11.1. The SMILES string of the molecule is Cc1ccc(C(=O)Nc2cc(OC(F)(F)F)cc(N(C)CCN(C)C)c2)cc1N(/C=C(\N)c1cnn(C)c1C)N(C)C. The number of ether oxygens (including phenoxy) is 1. The maximum Gasteiger partial charge on any atom is 0.573 e. The Bertz CT molecular complexity index is 1430. The van der Waals surface area contributed by atoms with Crippen molar-refractivity contribution in [3.8, 4) is 5.75 Å². The van der Waals surface area contributed by atoms with E-state index in [1.807, 2.05) is 64.0 Å². The Morgan fingerprint density at radius 2 is 1.76 bits per heavy atom. The van der Waals surface area contributed by atoms with Crippen LogP contribution in [0.25, 0.3) is 5.70 Å². The molecule has 3 rings (SSSR count). The summed E-state index contributed by atoms with van der Waals surface area (Å²) in [6, 6.07) is 9.20. The van der Waals surface area contributed by atoms with Gasteiger partial charge >= 0.3 is 6.36 Å². The minimum absolute atomic E-state index is 0.163.